The number of aryl methyl sites for hydroxylation is 1. The smallest absolute Gasteiger partial charge is 0.363 e. The summed E-state index contributed by atoms with van der Waals surface area (Å²) in [6.45, 7) is 3.84. The number of alkyl halides is 3. The Morgan fingerprint density at radius 2 is 2.00 bits per heavy atom. The number of nitrogens with one attached hydrogen (secondary N) is 1. The van der Waals surface area contributed by atoms with Gasteiger partial charge < -0.3 is 10.2 Å². The molecule has 0 bridgehead atoms. The largest absolute Gasteiger partial charge is 0.423 e. The van der Waals surface area contributed by atoms with Crippen molar-refractivity contribution in [2.75, 3.05) is 18.0 Å². The monoisotopic (exact) mass is 379 g/mol. The van der Waals surface area contributed by atoms with Gasteiger partial charge in [0.05, 0.1) is 4.92 Å². The van der Waals surface area contributed by atoms with Crippen LogP contribution in [0.3, 0.4) is 0 Å². The fraction of sp³-hybridized carbons (Fsp3) is 0.368. The number of hydrogen-bond acceptors (Lipinski definition) is 4. The first-order valence-corrected chi connectivity index (χ1v) is 8.65. The number of benzene rings is 2. The van der Waals surface area contributed by atoms with Gasteiger partial charge in [0.15, 0.2) is 0 Å². The van der Waals surface area contributed by atoms with Gasteiger partial charge in [-0.25, -0.2) is 0 Å². The Morgan fingerprint density at radius 1 is 1.26 bits per heavy atom. The van der Waals surface area contributed by atoms with E-state index in [4.69, 9.17) is 0 Å². The van der Waals surface area contributed by atoms with Gasteiger partial charge in [-0.05, 0) is 43.1 Å². The van der Waals surface area contributed by atoms with E-state index < -0.39 is 22.4 Å². The maximum atomic E-state index is 13.4. The Morgan fingerprint density at radius 3 is 2.59 bits per heavy atom. The molecule has 1 atom stereocenters. The normalized spacial score (nSPS) is 17.1. The SMILES string of the molecule is Cc1ccccc1CN(c1ccc([N+](=O)[O-])c(C(F)(F)F)c1)[C@H]1CCNC1. The lowest BCUT2D eigenvalue weighted by Gasteiger charge is -2.32. The topological polar surface area (TPSA) is 58.4 Å². The van der Waals surface area contributed by atoms with Crippen molar-refractivity contribution >= 4 is 11.4 Å². The first kappa shape index (κ1) is 19.2. The molecule has 27 heavy (non-hydrogen) atoms. The number of hydrogen-bond donors (Lipinski definition) is 1. The second-order valence-electron chi connectivity index (χ2n) is 6.66. The minimum Gasteiger partial charge on any atom is -0.363 e. The van der Waals surface area contributed by atoms with Gasteiger partial charge in [-0.1, -0.05) is 24.3 Å². The maximum Gasteiger partial charge on any atom is 0.423 e. The molecule has 1 aliphatic rings. The first-order valence-electron chi connectivity index (χ1n) is 8.65. The fourth-order valence-electron chi connectivity index (χ4n) is 3.40. The van der Waals surface area contributed by atoms with E-state index in [1.54, 1.807) is 0 Å². The maximum absolute atomic E-state index is 13.4. The van der Waals surface area contributed by atoms with Crippen LogP contribution in [0.4, 0.5) is 24.5 Å². The van der Waals surface area contributed by atoms with E-state index in [0.717, 1.165) is 36.2 Å². The van der Waals surface area contributed by atoms with Crippen molar-refractivity contribution in [1.82, 2.24) is 5.32 Å². The van der Waals surface area contributed by atoms with Crippen molar-refractivity contribution in [2.45, 2.75) is 32.1 Å². The van der Waals surface area contributed by atoms with Crippen molar-refractivity contribution in [3.05, 3.63) is 69.3 Å². The number of anilines is 1. The zero-order chi connectivity index (χ0) is 19.6. The minimum absolute atomic E-state index is 0.0205. The van der Waals surface area contributed by atoms with E-state index in [1.165, 1.54) is 6.07 Å². The highest BCUT2D eigenvalue weighted by Gasteiger charge is 2.39. The molecule has 0 aromatic heterocycles. The molecule has 8 heteroatoms. The van der Waals surface area contributed by atoms with Crippen LogP contribution in [0.5, 0.6) is 0 Å². The Kier molecular flexibility index (Phi) is 5.36. The first-order chi connectivity index (χ1) is 12.8. The van der Waals surface area contributed by atoms with Gasteiger partial charge in [0.2, 0.25) is 0 Å². The molecule has 2 aromatic carbocycles. The van der Waals surface area contributed by atoms with E-state index in [2.05, 4.69) is 5.32 Å². The van der Waals surface area contributed by atoms with Gasteiger partial charge in [0.25, 0.3) is 5.69 Å². The van der Waals surface area contributed by atoms with Gasteiger partial charge >= 0.3 is 6.18 Å². The van der Waals surface area contributed by atoms with E-state index >= 15 is 0 Å². The van der Waals surface area contributed by atoms with Gasteiger partial charge in [-0.3, -0.25) is 10.1 Å². The third-order valence-corrected chi connectivity index (χ3v) is 4.89. The van der Waals surface area contributed by atoms with Crippen LogP contribution in [0.2, 0.25) is 0 Å². The molecule has 0 radical (unpaired) electrons. The van der Waals surface area contributed by atoms with E-state index in [0.29, 0.717) is 18.8 Å². The molecule has 0 saturated carbocycles. The number of nitro benzene ring substituents is 1. The lowest BCUT2D eigenvalue weighted by Crippen LogP contribution is -2.36. The number of nitro groups is 1. The summed E-state index contributed by atoms with van der Waals surface area (Å²) < 4.78 is 40.2. The number of nitrogens with zero attached hydrogens (tertiary/aromatic N) is 2. The number of halogens is 3. The van der Waals surface area contributed by atoms with Crippen LogP contribution < -0.4 is 10.2 Å². The molecule has 0 amide bonds. The van der Waals surface area contributed by atoms with Crippen LogP contribution in [0.15, 0.2) is 42.5 Å². The lowest BCUT2D eigenvalue weighted by atomic mass is 10.0. The van der Waals surface area contributed by atoms with E-state index in [1.807, 2.05) is 36.1 Å². The Labute approximate surface area is 154 Å². The highest BCUT2D eigenvalue weighted by atomic mass is 19.4. The van der Waals surface area contributed by atoms with Crippen molar-refractivity contribution in [3.63, 3.8) is 0 Å². The third-order valence-electron chi connectivity index (χ3n) is 4.89. The molecular weight excluding hydrogens is 359 g/mol. The highest BCUT2D eigenvalue weighted by Crippen LogP contribution is 2.39. The molecule has 3 rings (SSSR count). The van der Waals surface area contributed by atoms with Gasteiger partial charge in [-0.2, -0.15) is 13.2 Å². The van der Waals surface area contributed by atoms with Crippen LogP contribution in [-0.2, 0) is 12.7 Å². The molecule has 1 heterocycles. The summed E-state index contributed by atoms with van der Waals surface area (Å²) in [5, 5.41) is 14.2. The average Bonchev–Trinajstić information content (AvgIpc) is 3.14. The molecule has 1 fully saturated rings. The van der Waals surface area contributed by atoms with Gasteiger partial charge in [-0.15, -0.1) is 0 Å². The Balaban J connectivity index is 2.04. The Bertz CT molecular complexity index is 833. The molecule has 1 aliphatic heterocycles. The summed E-state index contributed by atoms with van der Waals surface area (Å²) in [5.74, 6) is 0. The molecule has 2 aromatic rings. The van der Waals surface area contributed by atoms with Gasteiger partial charge in [0, 0.05) is 30.9 Å². The second-order valence-corrected chi connectivity index (χ2v) is 6.66. The summed E-state index contributed by atoms with van der Waals surface area (Å²) in [6.07, 6.45) is -4.00. The van der Waals surface area contributed by atoms with E-state index in [9.17, 15) is 23.3 Å². The molecule has 1 N–H and O–H groups in total. The Hall–Kier alpha value is -2.61. The average molecular weight is 379 g/mol. The zero-order valence-corrected chi connectivity index (χ0v) is 14.8. The predicted molar refractivity (Wildman–Crippen MR) is 96.7 cm³/mol. The quantitative estimate of drug-likeness (QED) is 0.622. The van der Waals surface area contributed by atoms with Gasteiger partial charge in [0.1, 0.15) is 5.56 Å². The zero-order valence-electron chi connectivity index (χ0n) is 14.8. The summed E-state index contributed by atoms with van der Waals surface area (Å²) >= 11 is 0. The second kappa shape index (κ2) is 7.56. The van der Waals surface area contributed by atoms with Crippen LogP contribution in [0.1, 0.15) is 23.1 Å². The van der Waals surface area contributed by atoms with Crippen LogP contribution in [0, 0.1) is 17.0 Å². The fourth-order valence-corrected chi connectivity index (χ4v) is 3.40. The number of rotatable bonds is 5. The van der Waals surface area contributed by atoms with Crippen LogP contribution in [0.25, 0.3) is 0 Å². The molecule has 144 valence electrons. The van der Waals surface area contributed by atoms with Crippen molar-refractivity contribution in [2.24, 2.45) is 0 Å². The van der Waals surface area contributed by atoms with Crippen molar-refractivity contribution in [1.29, 1.82) is 0 Å². The summed E-state index contributed by atoms with van der Waals surface area (Å²) in [7, 11) is 0. The lowest BCUT2D eigenvalue weighted by molar-refractivity contribution is -0.388. The standard InChI is InChI=1S/C19H20F3N3O2/c1-13-4-2-3-5-14(13)12-24(16-8-9-23-11-16)15-6-7-18(25(26)27)17(10-15)19(20,21)22/h2-7,10,16,23H,8-9,11-12H2,1H3/t16-/m0/s1. The van der Waals surface area contributed by atoms with Crippen LogP contribution in [-0.4, -0.2) is 24.1 Å². The third kappa shape index (κ3) is 4.21. The molecule has 0 unspecified atom stereocenters. The van der Waals surface area contributed by atoms with Crippen molar-refractivity contribution < 1.29 is 18.1 Å². The summed E-state index contributed by atoms with van der Waals surface area (Å²) in [5.41, 5.74) is 0.255. The molecule has 0 spiro atoms. The van der Waals surface area contributed by atoms with E-state index in [-0.39, 0.29) is 6.04 Å². The van der Waals surface area contributed by atoms with Crippen LogP contribution >= 0.6 is 0 Å². The molecule has 0 aliphatic carbocycles. The predicted octanol–water partition coefficient (Wildman–Crippen LogP) is 4.29. The van der Waals surface area contributed by atoms with Crippen molar-refractivity contribution in [3.8, 4) is 0 Å². The molecule has 5 nitrogen and oxygen atoms in total. The summed E-state index contributed by atoms with van der Waals surface area (Å²) in [4.78, 5) is 11.9. The minimum atomic E-state index is -4.79. The molecular formula is C19H20F3N3O2. The summed E-state index contributed by atoms with van der Waals surface area (Å²) in [6, 6.07) is 11.0. The highest BCUT2D eigenvalue weighted by molar-refractivity contribution is 5.58. The molecule has 1 saturated heterocycles.